The van der Waals surface area contributed by atoms with Crippen molar-refractivity contribution in [3.63, 3.8) is 0 Å². The molecule has 0 amide bonds. The molecule has 0 radical (unpaired) electrons. The zero-order chi connectivity index (χ0) is 14.8. The highest BCUT2D eigenvalue weighted by Gasteiger charge is 2.22. The van der Waals surface area contributed by atoms with Gasteiger partial charge >= 0.3 is 0 Å². The van der Waals surface area contributed by atoms with E-state index in [0.717, 1.165) is 23.1 Å². The van der Waals surface area contributed by atoms with E-state index in [0.29, 0.717) is 17.2 Å². The van der Waals surface area contributed by atoms with Crippen LogP contribution in [0.4, 0.5) is 5.82 Å². The predicted molar refractivity (Wildman–Crippen MR) is 87.9 cm³/mol. The van der Waals surface area contributed by atoms with Crippen molar-refractivity contribution in [1.29, 1.82) is 0 Å². The highest BCUT2D eigenvalue weighted by Crippen LogP contribution is 2.27. The summed E-state index contributed by atoms with van der Waals surface area (Å²) >= 11 is 6.13. The summed E-state index contributed by atoms with van der Waals surface area (Å²) in [4.78, 5) is 2.51. The second-order valence-corrected chi connectivity index (χ2v) is 6.32. The number of likely N-dealkylation sites (tertiary alicyclic amines) is 1. The molecule has 21 heavy (non-hydrogen) atoms. The summed E-state index contributed by atoms with van der Waals surface area (Å²) in [5.74, 6) is 0.839. The van der Waals surface area contributed by atoms with Gasteiger partial charge in [0.15, 0.2) is 11.0 Å². The zero-order valence-corrected chi connectivity index (χ0v) is 13.3. The lowest BCUT2D eigenvalue weighted by atomic mass is 10.0. The summed E-state index contributed by atoms with van der Waals surface area (Å²) in [5.41, 5.74) is 0. The maximum absolute atomic E-state index is 6.13. The van der Waals surface area contributed by atoms with Crippen molar-refractivity contribution in [3.8, 4) is 0 Å². The zero-order valence-electron chi connectivity index (χ0n) is 12.5. The fraction of sp³-hybridized carbons (Fsp3) is 0.500. The molecule has 0 spiro atoms. The quantitative estimate of drug-likeness (QED) is 0.941. The number of fused-ring (bicyclic) bond motifs is 1. The monoisotopic (exact) mass is 304 g/mol. The van der Waals surface area contributed by atoms with Crippen molar-refractivity contribution in [3.05, 3.63) is 29.4 Å². The minimum atomic E-state index is 0.417. The van der Waals surface area contributed by atoms with Crippen LogP contribution < -0.4 is 5.32 Å². The van der Waals surface area contributed by atoms with Crippen LogP contribution in [0, 0.1) is 0 Å². The van der Waals surface area contributed by atoms with E-state index in [9.17, 15) is 0 Å². The number of hydrogen-bond acceptors (Lipinski definition) is 4. The third kappa shape index (κ3) is 3.11. The summed E-state index contributed by atoms with van der Waals surface area (Å²) < 4.78 is 0. The molecule has 112 valence electrons. The lowest BCUT2D eigenvalue weighted by Crippen LogP contribution is -2.45. The molecule has 1 aromatic carbocycles. The molecule has 5 heteroatoms. The molecular formula is C16H21ClN4. The fourth-order valence-corrected chi connectivity index (χ4v) is 3.17. The number of benzene rings is 1. The highest BCUT2D eigenvalue weighted by molar-refractivity contribution is 6.34. The van der Waals surface area contributed by atoms with Gasteiger partial charge in [-0.3, -0.25) is 4.90 Å². The highest BCUT2D eigenvalue weighted by atomic mass is 35.5. The van der Waals surface area contributed by atoms with Crippen LogP contribution in [0.25, 0.3) is 10.8 Å². The van der Waals surface area contributed by atoms with Crippen molar-refractivity contribution in [2.24, 2.45) is 0 Å². The Kier molecular flexibility index (Phi) is 4.27. The van der Waals surface area contributed by atoms with Gasteiger partial charge in [-0.1, -0.05) is 35.9 Å². The molecule has 2 heterocycles. The number of nitrogens with zero attached hydrogens (tertiary/aromatic N) is 3. The second-order valence-electron chi connectivity index (χ2n) is 5.96. The van der Waals surface area contributed by atoms with Crippen LogP contribution >= 0.6 is 11.6 Å². The van der Waals surface area contributed by atoms with Gasteiger partial charge in [-0.25, -0.2) is 0 Å². The summed E-state index contributed by atoms with van der Waals surface area (Å²) in [6, 6.07) is 9.01. The van der Waals surface area contributed by atoms with Gasteiger partial charge in [-0.2, -0.15) is 0 Å². The van der Waals surface area contributed by atoms with Gasteiger partial charge in [0.2, 0.25) is 0 Å². The maximum Gasteiger partial charge on any atom is 0.159 e. The minimum absolute atomic E-state index is 0.417. The Morgan fingerprint density at radius 3 is 2.76 bits per heavy atom. The van der Waals surface area contributed by atoms with Crippen LogP contribution in [0.3, 0.4) is 0 Å². The average Bonchev–Trinajstić information content (AvgIpc) is 2.51. The molecule has 1 fully saturated rings. The Labute approximate surface area is 130 Å². The number of aromatic nitrogens is 2. The van der Waals surface area contributed by atoms with Crippen molar-refractivity contribution < 1.29 is 0 Å². The van der Waals surface area contributed by atoms with Crippen LogP contribution in [0.15, 0.2) is 24.3 Å². The number of nitrogens with one attached hydrogen (secondary N) is 1. The second kappa shape index (κ2) is 6.16. The molecule has 0 saturated carbocycles. The number of rotatable bonds is 3. The number of halogens is 1. The van der Waals surface area contributed by atoms with E-state index in [1.165, 1.54) is 19.4 Å². The molecule has 0 aliphatic carbocycles. The van der Waals surface area contributed by atoms with Gasteiger partial charge < -0.3 is 5.32 Å². The average molecular weight is 305 g/mol. The Morgan fingerprint density at radius 1 is 1.24 bits per heavy atom. The summed E-state index contributed by atoms with van der Waals surface area (Å²) in [6.07, 6.45) is 2.39. The van der Waals surface area contributed by atoms with Crippen molar-refractivity contribution in [2.75, 3.05) is 18.4 Å². The first-order chi connectivity index (χ1) is 10.1. The Balaban J connectivity index is 1.83. The molecule has 3 rings (SSSR count). The van der Waals surface area contributed by atoms with Crippen LogP contribution in [0.2, 0.25) is 5.15 Å². The first-order valence-electron chi connectivity index (χ1n) is 7.56. The number of hydrogen-bond donors (Lipinski definition) is 1. The maximum atomic E-state index is 6.13. The van der Waals surface area contributed by atoms with E-state index in [2.05, 4.69) is 34.3 Å². The Bertz CT molecular complexity index is 629. The standard InChI is InChI=1S/C16H21ClN4/c1-11(2)21-9-5-6-12(10-21)18-16-14-8-4-3-7-13(14)15(17)19-20-16/h3-4,7-8,11-12H,5-6,9-10H2,1-2H3,(H,18,20)/t12-/m1/s1. The van der Waals surface area contributed by atoms with E-state index < -0.39 is 0 Å². The van der Waals surface area contributed by atoms with Gasteiger partial charge in [0.25, 0.3) is 0 Å². The number of piperidine rings is 1. The lowest BCUT2D eigenvalue weighted by Gasteiger charge is -2.36. The first-order valence-corrected chi connectivity index (χ1v) is 7.94. The summed E-state index contributed by atoms with van der Waals surface area (Å²) in [5, 5.41) is 14.3. The van der Waals surface area contributed by atoms with Crippen LogP contribution in [0.1, 0.15) is 26.7 Å². The Hall–Kier alpha value is -1.39. The van der Waals surface area contributed by atoms with Gasteiger partial charge in [-0.15, -0.1) is 10.2 Å². The lowest BCUT2D eigenvalue weighted by molar-refractivity contribution is 0.175. The third-order valence-electron chi connectivity index (χ3n) is 4.17. The van der Waals surface area contributed by atoms with Crippen LogP contribution in [-0.2, 0) is 0 Å². The number of anilines is 1. The normalized spacial score (nSPS) is 20.1. The molecule has 4 nitrogen and oxygen atoms in total. The predicted octanol–water partition coefficient (Wildman–Crippen LogP) is 3.57. The van der Waals surface area contributed by atoms with Gasteiger partial charge in [0.1, 0.15) is 0 Å². The van der Waals surface area contributed by atoms with Crippen molar-refractivity contribution in [2.45, 2.75) is 38.8 Å². The molecule has 1 aliphatic heterocycles. The van der Waals surface area contributed by atoms with Gasteiger partial charge in [0, 0.05) is 29.4 Å². The smallest absolute Gasteiger partial charge is 0.159 e. The topological polar surface area (TPSA) is 41.0 Å². The molecule has 1 aliphatic rings. The summed E-state index contributed by atoms with van der Waals surface area (Å²) in [6.45, 7) is 6.74. The molecule has 1 N–H and O–H groups in total. The van der Waals surface area contributed by atoms with E-state index in [4.69, 9.17) is 11.6 Å². The van der Waals surface area contributed by atoms with E-state index in [1.54, 1.807) is 0 Å². The fourth-order valence-electron chi connectivity index (χ4n) is 2.96. The molecule has 1 atom stereocenters. The minimum Gasteiger partial charge on any atom is -0.364 e. The van der Waals surface area contributed by atoms with E-state index in [1.807, 2.05) is 24.3 Å². The Morgan fingerprint density at radius 2 is 2.00 bits per heavy atom. The van der Waals surface area contributed by atoms with Gasteiger partial charge in [-0.05, 0) is 33.2 Å². The molecule has 2 aromatic rings. The van der Waals surface area contributed by atoms with Crippen molar-refractivity contribution >= 4 is 28.2 Å². The van der Waals surface area contributed by atoms with E-state index >= 15 is 0 Å². The van der Waals surface area contributed by atoms with E-state index in [-0.39, 0.29) is 0 Å². The van der Waals surface area contributed by atoms with Crippen LogP contribution in [0.5, 0.6) is 0 Å². The molecule has 1 aromatic heterocycles. The molecule has 0 unspecified atom stereocenters. The first kappa shape index (κ1) is 14.5. The summed E-state index contributed by atoms with van der Waals surface area (Å²) in [7, 11) is 0. The van der Waals surface area contributed by atoms with Gasteiger partial charge in [0.05, 0.1) is 0 Å². The molecular weight excluding hydrogens is 284 g/mol. The molecule has 1 saturated heterocycles. The third-order valence-corrected chi connectivity index (χ3v) is 4.45. The largest absolute Gasteiger partial charge is 0.364 e. The van der Waals surface area contributed by atoms with Crippen LogP contribution in [-0.4, -0.2) is 40.3 Å². The molecule has 0 bridgehead atoms. The SMILES string of the molecule is CC(C)N1CCC[C@@H](Nc2nnc(Cl)c3ccccc23)C1. The van der Waals surface area contributed by atoms with Crippen molar-refractivity contribution in [1.82, 2.24) is 15.1 Å².